The van der Waals surface area contributed by atoms with E-state index < -0.39 is 5.97 Å². The van der Waals surface area contributed by atoms with Crippen LogP contribution in [-0.4, -0.2) is 37.0 Å². The van der Waals surface area contributed by atoms with Gasteiger partial charge in [0.2, 0.25) is 5.91 Å². The number of carbonyl (C=O) groups excluding carboxylic acids is 1. The van der Waals surface area contributed by atoms with Crippen LogP contribution in [0.1, 0.15) is 5.69 Å². The Morgan fingerprint density at radius 2 is 2.20 bits per heavy atom. The Hall–Kier alpha value is -2.29. The molecule has 1 amide bonds. The number of rotatable bonds is 5. The summed E-state index contributed by atoms with van der Waals surface area (Å²) in [4.78, 5) is 26.2. The number of aromatic nitrogens is 4. The smallest absolute Gasteiger partial charge is 0.309 e. The van der Waals surface area contributed by atoms with E-state index >= 15 is 0 Å². The molecular formula is C11H10BrN5O3. The van der Waals surface area contributed by atoms with Crippen molar-refractivity contribution in [1.29, 1.82) is 0 Å². The van der Waals surface area contributed by atoms with Crippen molar-refractivity contribution in [2.45, 2.75) is 13.0 Å². The maximum absolute atomic E-state index is 11.7. The number of nitrogens with zero attached hydrogens (tertiary/aromatic N) is 4. The Kier molecular flexibility index (Phi) is 4.41. The molecule has 2 rings (SSSR count). The first-order valence-corrected chi connectivity index (χ1v) is 6.34. The molecule has 0 aliphatic rings. The summed E-state index contributed by atoms with van der Waals surface area (Å²) < 4.78 is 2.08. The molecule has 0 spiro atoms. The van der Waals surface area contributed by atoms with Crippen molar-refractivity contribution in [2.24, 2.45) is 0 Å². The fourth-order valence-corrected chi connectivity index (χ4v) is 1.67. The largest absolute Gasteiger partial charge is 0.481 e. The van der Waals surface area contributed by atoms with Crippen molar-refractivity contribution in [3.8, 4) is 0 Å². The van der Waals surface area contributed by atoms with E-state index in [2.05, 4.69) is 36.5 Å². The third-order valence-electron chi connectivity index (χ3n) is 2.22. The molecule has 0 atom stereocenters. The second kappa shape index (κ2) is 6.24. The molecule has 2 N–H and O–H groups in total. The molecule has 2 aromatic rings. The number of pyridine rings is 1. The van der Waals surface area contributed by atoms with Crippen LogP contribution in [0.15, 0.2) is 29.0 Å². The standard InChI is InChI=1S/C11H10BrN5O3/c12-7-1-2-9(13-4-7)14-10(18)6-17-5-8(15-16-17)3-11(19)20/h1-2,4-5H,3,6H2,(H,19,20)(H,13,14,18). The lowest BCUT2D eigenvalue weighted by atomic mass is 10.3. The van der Waals surface area contributed by atoms with E-state index in [4.69, 9.17) is 5.11 Å². The van der Waals surface area contributed by atoms with Crippen LogP contribution < -0.4 is 5.32 Å². The third-order valence-corrected chi connectivity index (χ3v) is 2.69. The summed E-state index contributed by atoms with van der Waals surface area (Å²) in [6.07, 6.45) is 2.76. The van der Waals surface area contributed by atoms with Crippen LogP contribution in [0.2, 0.25) is 0 Å². The predicted octanol–water partition coefficient (Wildman–Crippen LogP) is 0.701. The van der Waals surface area contributed by atoms with Gasteiger partial charge in [0.15, 0.2) is 0 Å². The Labute approximate surface area is 121 Å². The number of carboxylic acid groups (broad SMARTS) is 1. The molecule has 8 nitrogen and oxygen atoms in total. The molecule has 0 bridgehead atoms. The van der Waals surface area contributed by atoms with E-state index in [1.54, 1.807) is 18.3 Å². The second-order valence-corrected chi connectivity index (χ2v) is 4.80. The molecule has 0 aliphatic heterocycles. The second-order valence-electron chi connectivity index (χ2n) is 3.89. The fraction of sp³-hybridized carbons (Fsp3) is 0.182. The zero-order chi connectivity index (χ0) is 14.5. The molecule has 0 saturated heterocycles. The highest BCUT2D eigenvalue weighted by Crippen LogP contribution is 2.10. The lowest BCUT2D eigenvalue weighted by molar-refractivity contribution is -0.136. The molecule has 0 aliphatic carbocycles. The van der Waals surface area contributed by atoms with Gasteiger partial charge in [-0.1, -0.05) is 5.21 Å². The van der Waals surface area contributed by atoms with Crippen molar-refractivity contribution in [3.63, 3.8) is 0 Å². The predicted molar refractivity (Wildman–Crippen MR) is 71.9 cm³/mol. The molecular weight excluding hydrogens is 330 g/mol. The fourth-order valence-electron chi connectivity index (χ4n) is 1.43. The van der Waals surface area contributed by atoms with E-state index in [1.807, 2.05) is 0 Å². The van der Waals surface area contributed by atoms with E-state index in [0.29, 0.717) is 11.5 Å². The molecule has 20 heavy (non-hydrogen) atoms. The van der Waals surface area contributed by atoms with Crippen LogP contribution in [0.4, 0.5) is 5.82 Å². The first-order chi connectivity index (χ1) is 9.52. The summed E-state index contributed by atoms with van der Waals surface area (Å²) >= 11 is 3.24. The number of carbonyl (C=O) groups is 2. The summed E-state index contributed by atoms with van der Waals surface area (Å²) in [5.41, 5.74) is 0.298. The quantitative estimate of drug-likeness (QED) is 0.829. The molecule has 2 aromatic heterocycles. The highest BCUT2D eigenvalue weighted by Gasteiger charge is 2.09. The van der Waals surface area contributed by atoms with E-state index in [-0.39, 0.29) is 18.9 Å². The van der Waals surface area contributed by atoms with Gasteiger partial charge < -0.3 is 10.4 Å². The Morgan fingerprint density at radius 1 is 1.40 bits per heavy atom. The number of hydrogen-bond acceptors (Lipinski definition) is 5. The molecule has 2 heterocycles. The Bertz CT molecular complexity index is 625. The summed E-state index contributed by atoms with van der Waals surface area (Å²) in [5, 5.41) is 18.5. The van der Waals surface area contributed by atoms with Gasteiger partial charge in [-0.15, -0.1) is 5.10 Å². The first kappa shape index (κ1) is 14.1. The normalized spacial score (nSPS) is 10.2. The summed E-state index contributed by atoms with van der Waals surface area (Å²) in [6.45, 7) is -0.0651. The van der Waals surface area contributed by atoms with Crippen molar-refractivity contribution < 1.29 is 14.7 Å². The Balaban J connectivity index is 1.92. The van der Waals surface area contributed by atoms with Gasteiger partial charge in [-0.2, -0.15) is 0 Å². The average molecular weight is 340 g/mol. The molecule has 0 radical (unpaired) electrons. The Morgan fingerprint density at radius 3 is 2.85 bits per heavy atom. The number of anilines is 1. The molecule has 0 saturated carbocycles. The minimum Gasteiger partial charge on any atom is -0.481 e. The monoisotopic (exact) mass is 339 g/mol. The highest BCUT2D eigenvalue weighted by molar-refractivity contribution is 9.10. The minimum absolute atomic E-state index is 0.0651. The maximum atomic E-state index is 11.7. The lowest BCUT2D eigenvalue weighted by Crippen LogP contribution is -2.19. The van der Waals surface area contributed by atoms with Crippen LogP contribution in [0.3, 0.4) is 0 Å². The van der Waals surface area contributed by atoms with Crippen molar-refractivity contribution in [3.05, 3.63) is 34.7 Å². The van der Waals surface area contributed by atoms with Crippen molar-refractivity contribution >= 4 is 33.6 Å². The SMILES string of the molecule is O=C(O)Cc1cn(CC(=O)Nc2ccc(Br)cn2)nn1. The average Bonchev–Trinajstić information content (AvgIpc) is 2.78. The van der Waals surface area contributed by atoms with E-state index in [9.17, 15) is 9.59 Å². The van der Waals surface area contributed by atoms with E-state index in [1.165, 1.54) is 10.9 Å². The van der Waals surface area contributed by atoms with Crippen molar-refractivity contribution in [2.75, 3.05) is 5.32 Å². The summed E-state index contributed by atoms with van der Waals surface area (Å²) in [5.74, 6) is -0.906. The van der Waals surface area contributed by atoms with Gasteiger partial charge in [0.25, 0.3) is 0 Å². The number of halogens is 1. The minimum atomic E-state index is -0.999. The number of aliphatic carboxylic acids is 1. The molecule has 0 unspecified atom stereocenters. The number of nitrogens with one attached hydrogen (secondary N) is 1. The highest BCUT2D eigenvalue weighted by atomic mass is 79.9. The molecule has 0 fully saturated rings. The first-order valence-electron chi connectivity index (χ1n) is 5.55. The van der Waals surface area contributed by atoms with Crippen molar-refractivity contribution in [1.82, 2.24) is 20.0 Å². The van der Waals surface area contributed by atoms with Crippen LogP contribution in [0.25, 0.3) is 0 Å². The number of amides is 1. The zero-order valence-corrected chi connectivity index (χ0v) is 11.7. The molecule has 0 aromatic carbocycles. The number of carboxylic acids is 1. The van der Waals surface area contributed by atoms with Gasteiger partial charge in [0, 0.05) is 16.9 Å². The maximum Gasteiger partial charge on any atom is 0.309 e. The van der Waals surface area contributed by atoms with Crippen LogP contribution in [-0.2, 0) is 22.6 Å². The molecule has 9 heteroatoms. The molecule has 104 valence electrons. The summed E-state index contributed by atoms with van der Waals surface area (Å²) in [7, 11) is 0. The van der Waals surface area contributed by atoms with Crippen LogP contribution in [0.5, 0.6) is 0 Å². The van der Waals surface area contributed by atoms with Crippen LogP contribution in [0, 0.1) is 0 Å². The van der Waals surface area contributed by atoms with Gasteiger partial charge in [0.1, 0.15) is 12.4 Å². The number of hydrogen-bond donors (Lipinski definition) is 2. The topological polar surface area (TPSA) is 110 Å². The van der Waals surface area contributed by atoms with Crippen LogP contribution >= 0.6 is 15.9 Å². The lowest BCUT2D eigenvalue weighted by Gasteiger charge is -2.03. The van der Waals surface area contributed by atoms with Gasteiger partial charge in [0.05, 0.1) is 12.1 Å². The van der Waals surface area contributed by atoms with Gasteiger partial charge in [-0.3, -0.25) is 9.59 Å². The van der Waals surface area contributed by atoms with E-state index in [0.717, 1.165) is 4.47 Å². The summed E-state index contributed by atoms with van der Waals surface area (Å²) in [6, 6.07) is 3.40. The van der Waals surface area contributed by atoms with Gasteiger partial charge in [-0.05, 0) is 28.1 Å². The third kappa shape index (κ3) is 4.12. The zero-order valence-electron chi connectivity index (χ0n) is 10.2. The van der Waals surface area contributed by atoms with Gasteiger partial charge in [-0.25, -0.2) is 9.67 Å². The van der Waals surface area contributed by atoms with Gasteiger partial charge >= 0.3 is 5.97 Å².